The monoisotopic (exact) mass is 337 g/mol. The highest BCUT2D eigenvalue weighted by Gasteiger charge is 2.33. The van der Waals surface area contributed by atoms with Crippen molar-refractivity contribution in [3.8, 4) is 5.75 Å². The normalized spacial score (nSPS) is 16.3. The van der Waals surface area contributed by atoms with Gasteiger partial charge in [0, 0.05) is 5.56 Å². The first-order chi connectivity index (χ1) is 10.6. The first-order valence-corrected chi connectivity index (χ1v) is 7.83. The molecule has 1 fully saturated rings. The number of para-hydroxylation sites is 1. The minimum Gasteiger partial charge on any atom is -0.493 e. The van der Waals surface area contributed by atoms with Gasteiger partial charge < -0.3 is 9.47 Å². The van der Waals surface area contributed by atoms with Crippen molar-refractivity contribution in [2.75, 3.05) is 20.3 Å². The molecule has 1 aliphatic heterocycles. The van der Waals surface area contributed by atoms with Crippen LogP contribution in [-0.2, 0) is 14.3 Å². The van der Waals surface area contributed by atoms with Crippen molar-refractivity contribution in [3.63, 3.8) is 0 Å². The highest BCUT2D eigenvalue weighted by atomic mass is 32.2. The van der Waals surface area contributed by atoms with Gasteiger partial charge in [0.05, 0.1) is 18.6 Å². The number of ether oxygens (including phenoxy) is 2. The van der Waals surface area contributed by atoms with E-state index in [1.165, 1.54) is 12.0 Å². The number of hydrogen-bond donors (Lipinski definition) is 0. The molecule has 116 valence electrons. The van der Waals surface area contributed by atoms with Crippen molar-refractivity contribution < 1.29 is 19.1 Å². The van der Waals surface area contributed by atoms with E-state index in [4.69, 9.17) is 17.0 Å². The molecule has 0 bridgehead atoms. The second-order valence-corrected chi connectivity index (χ2v) is 5.99. The van der Waals surface area contributed by atoms with Crippen LogP contribution in [0.4, 0.5) is 0 Å². The Bertz CT molecular complexity index is 642. The van der Waals surface area contributed by atoms with E-state index in [0.29, 0.717) is 21.6 Å². The Morgan fingerprint density at radius 3 is 2.82 bits per heavy atom. The Balaban J connectivity index is 2.25. The molecular weight excluding hydrogens is 322 g/mol. The topological polar surface area (TPSA) is 55.8 Å². The minimum atomic E-state index is -0.507. The van der Waals surface area contributed by atoms with Crippen LogP contribution >= 0.6 is 24.0 Å². The van der Waals surface area contributed by atoms with E-state index < -0.39 is 5.97 Å². The summed E-state index contributed by atoms with van der Waals surface area (Å²) >= 11 is 6.31. The van der Waals surface area contributed by atoms with Gasteiger partial charge in [-0.25, -0.2) is 0 Å². The fraction of sp³-hybridized carbons (Fsp3) is 0.267. The third-order valence-electron chi connectivity index (χ3n) is 2.89. The molecule has 1 saturated heterocycles. The maximum Gasteiger partial charge on any atom is 0.325 e. The zero-order chi connectivity index (χ0) is 16.1. The largest absolute Gasteiger partial charge is 0.493 e. The van der Waals surface area contributed by atoms with Gasteiger partial charge >= 0.3 is 5.97 Å². The van der Waals surface area contributed by atoms with Crippen LogP contribution in [0.2, 0.25) is 0 Å². The third kappa shape index (κ3) is 3.66. The lowest BCUT2D eigenvalue weighted by atomic mass is 10.2. The highest BCUT2D eigenvalue weighted by molar-refractivity contribution is 8.26. The summed E-state index contributed by atoms with van der Waals surface area (Å²) in [5.41, 5.74) is 0.794. The summed E-state index contributed by atoms with van der Waals surface area (Å²) in [5.74, 6) is -0.109. The molecule has 0 N–H and O–H groups in total. The fourth-order valence-electron chi connectivity index (χ4n) is 1.86. The molecule has 0 atom stereocenters. The second-order valence-electron chi connectivity index (χ2n) is 4.31. The number of hydrogen-bond acceptors (Lipinski definition) is 6. The van der Waals surface area contributed by atoms with Gasteiger partial charge in [-0.2, -0.15) is 0 Å². The van der Waals surface area contributed by atoms with E-state index >= 15 is 0 Å². The molecule has 0 spiro atoms. The zero-order valence-corrected chi connectivity index (χ0v) is 13.8. The highest BCUT2D eigenvalue weighted by Crippen LogP contribution is 2.34. The Morgan fingerprint density at radius 1 is 1.41 bits per heavy atom. The van der Waals surface area contributed by atoms with E-state index in [9.17, 15) is 9.59 Å². The number of rotatable bonds is 5. The van der Waals surface area contributed by atoms with Crippen LogP contribution in [0.5, 0.6) is 5.75 Å². The number of amides is 1. The number of carbonyl (C=O) groups is 2. The Labute approximate surface area is 138 Å². The van der Waals surface area contributed by atoms with Crippen LogP contribution in [0.1, 0.15) is 12.5 Å². The summed E-state index contributed by atoms with van der Waals surface area (Å²) in [4.78, 5) is 25.4. The molecule has 0 radical (unpaired) electrons. The van der Waals surface area contributed by atoms with Crippen molar-refractivity contribution in [2.24, 2.45) is 0 Å². The number of nitrogens with zero attached hydrogens (tertiary/aromatic N) is 1. The maximum atomic E-state index is 12.3. The molecule has 0 aromatic heterocycles. The predicted octanol–water partition coefficient (Wildman–Crippen LogP) is 2.46. The van der Waals surface area contributed by atoms with Crippen LogP contribution < -0.4 is 4.74 Å². The summed E-state index contributed by atoms with van der Waals surface area (Å²) in [6.07, 6.45) is 1.72. The molecule has 0 unspecified atom stereocenters. The molecule has 1 heterocycles. The Hall–Kier alpha value is -1.86. The van der Waals surface area contributed by atoms with Crippen molar-refractivity contribution >= 4 is 46.3 Å². The zero-order valence-electron chi connectivity index (χ0n) is 12.2. The number of carbonyl (C=O) groups excluding carboxylic acids is 2. The molecular formula is C15H15NO4S2. The molecule has 22 heavy (non-hydrogen) atoms. The average Bonchev–Trinajstić information content (AvgIpc) is 2.77. The van der Waals surface area contributed by atoms with Gasteiger partial charge in [-0.15, -0.1) is 0 Å². The molecule has 2 rings (SSSR count). The van der Waals surface area contributed by atoms with E-state index in [1.54, 1.807) is 6.08 Å². The molecule has 7 heteroatoms. The fourth-order valence-corrected chi connectivity index (χ4v) is 3.10. The van der Waals surface area contributed by atoms with Gasteiger partial charge in [-0.1, -0.05) is 42.2 Å². The summed E-state index contributed by atoms with van der Waals surface area (Å²) in [5, 5.41) is 0. The van der Waals surface area contributed by atoms with Crippen LogP contribution in [0.3, 0.4) is 0 Å². The predicted molar refractivity (Wildman–Crippen MR) is 89.5 cm³/mol. The van der Waals surface area contributed by atoms with Crippen LogP contribution in [0.25, 0.3) is 6.08 Å². The number of benzene rings is 1. The lowest BCUT2D eigenvalue weighted by Gasteiger charge is -2.12. The van der Waals surface area contributed by atoms with Crippen molar-refractivity contribution in [1.82, 2.24) is 4.90 Å². The van der Waals surface area contributed by atoms with Crippen molar-refractivity contribution in [3.05, 3.63) is 34.7 Å². The lowest BCUT2D eigenvalue weighted by Crippen LogP contribution is -2.33. The third-order valence-corrected chi connectivity index (χ3v) is 4.27. The standard InChI is InChI=1S/C15H15NO4S2/c1-3-20-11-7-5-4-6-10(11)8-12-14(18)16(15(21)22-12)9-13(17)19-2/h4-8H,3,9H2,1-2H3/b12-8-. The van der Waals surface area contributed by atoms with E-state index in [-0.39, 0.29) is 12.5 Å². The molecule has 1 aromatic rings. The van der Waals surface area contributed by atoms with E-state index in [0.717, 1.165) is 17.3 Å². The smallest absolute Gasteiger partial charge is 0.325 e. The van der Waals surface area contributed by atoms with E-state index in [1.807, 2.05) is 31.2 Å². The van der Waals surface area contributed by atoms with Gasteiger partial charge in [-0.3, -0.25) is 14.5 Å². The molecule has 1 amide bonds. The second kappa shape index (κ2) is 7.42. The van der Waals surface area contributed by atoms with Gasteiger partial charge in [0.15, 0.2) is 0 Å². The van der Waals surface area contributed by atoms with Gasteiger partial charge in [0.25, 0.3) is 5.91 Å². The van der Waals surface area contributed by atoms with Gasteiger partial charge in [0.2, 0.25) is 0 Å². The number of esters is 1. The summed E-state index contributed by atoms with van der Waals surface area (Å²) in [7, 11) is 1.27. The molecule has 0 aliphatic carbocycles. The number of methoxy groups -OCH3 is 1. The van der Waals surface area contributed by atoms with Gasteiger partial charge in [0.1, 0.15) is 16.6 Å². The first kappa shape index (κ1) is 16.5. The maximum absolute atomic E-state index is 12.3. The summed E-state index contributed by atoms with van der Waals surface area (Å²) in [6, 6.07) is 7.43. The lowest BCUT2D eigenvalue weighted by molar-refractivity contribution is -0.143. The molecule has 5 nitrogen and oxygen atoms in total. The van der Waals surface area contributed by atoms with Crippen molar-refractivity contribution in [2.45, 2.75) is 6.92 Å². The number of thioether (sulfide) groups is 1. The summed E-state index contributed by atoms with van der Waals surface area (Å²) < 4.78 is 10.4. The summed E-state index contributed by atoms with van der Waals surface area (Å²) in [6.45, 7) is 2.26. The quantitative estimate of drug-likeness (QED) is 0.467. The van der Waals surface area contributed by atoms with E-state index in [2.05, 4.69) is 4.74 Å². The molecule has 1 aliphatic rings. The first-order valence-electron chi connectivity index (χ1n) is 6.60. The Morgan fingerprint density at radius 2 is 2.14 bits per heavy atom. The van der Waals surface area contributed by atoms with Crippen LogP contribution in [0.15, 0.2) is 29.2 Å². The Kier molecular flexibility index (Phi) is 5.57. The van der Waals surface area contributed by atoms with Crippen LogP contribution in [-0.4, -0.2) is 41.4 Å². The molecule has 1 aromatic carbocycles. The number of thiocarbonyl (C=S) groups is 1. The SMILES string of the molecule is CCOc1ccccc1/C=C1\SC(=S)N(CC(=O)OC)C1=O. The average molecular weight is 337 g/mol. The molecule has 0 saturated carbocycles. The minimum absolute atomic E-state index is 0.175. The van der Waals surface area contributed by atoms with Crippen molar-refractivity contribution in [1.29, 1.82) is 0 Å². The van der Waals surface area contributed by atoms with Gasteiger partial charge in [-0.05, 0) is 19.1 Å². The van der Waals surface area contributed by atoms with Crippen LogP contribution in [0, 0.1) is 0 Å².